The number of nitro groups is 1. The summed E-state index contributed by atoms with van der Waals surface area (Å²) in [5.41, 5.74) is 9.64. The van der Waals surface area contributed by atoms with Crippen LogP contribution in [0.5, 0.6) is 0 Å². The summed E-state index contributed by atoms with van der Waals surface area (Å²) in [6.45, 7) is 0.784. The number of benzene rings is 3. The van der Waals surface area contributed by atoms with Crippen LogP contribution in [0.25, 0.3) is 27.6 Å². The first-order chi connectivity index (χ1) is 25.7. The third kappa shape index (κ3) is 11.7. The van der Waals surface area contributed by atoms with E-state index >= 15 is 0 Å². The van der Waals surface area contributed by atoms with Crippen molar-refractivity contribution < 1.29 is 42.1 Å². The van der Waals surface area contributed by atoms with Gasteiger partial charge in [-0.25, -0.2) is 17.9 Å². The summed E-state index contributed by atoms with van der Waals surface area (Å²) in [5.74, 6) is -3.15. The molecular formula is C34H37N9O10S. The molecule has 0 radical (unpaired) electrons. The summed E-state index contributed by atoms with van der Waals surface area (Å²) < 4.78 is 32.3. The molecular weight excluding hydrogens is 726 g/mol. The van der Waals surface area contributed by atoms with Gasteiger partial charge in [-0.3, -0.25) is 29.3 Å². The van der Waals surface area contributed by atoms with Gasteiger partial charge >= 0.3 is 5.97 Å². The van der Waals surface area contributed by atoms with Crippen molar-refractivity contribution in [3.05, 3.63) is 110 Å². The van der Waals surface area contributed by atoms with Crippen LogP contribution >= 0.6 is 0 Å². The molecule has 0 aliphatic rings. The Morgan fingerprint density at radius 1 is 1.00 bits per heavy atom. The van der Waals surface area contributed by atoms with Crippen LogP contribution in [0, 0.1) is 10.1 Å². The highest BCUT2D eigenvalue weighted by Gasteiger charge is 2.26. The largest absolute Gasteiger partial charge is 0.467 e. The fraction of sp³-hybridized carbons (Fsp3) is 0.265. The van der Waals surface area contributed by atoms with E-state index in [-0.39, 0.29) is 37.2 Å². The van der Waals surface area contributed by atoms with Crippen molar-refractivity contribution in [2.75, 3.05) is 33.8 Å². The monoisotopic (exact) mass is 763 g/mol. The quantitative estimate of drug-likeness (QED) is 0.0184. The Morgan fingerprint density at radius 3 is 2.43 bits per heavy atom. The number of para-hydroxylation sites is 1. The van der Waals surface area contributed by atoms with Gasteiger partial charge in [0.2, 0.25) is 21.8 Å². The van der Waals surface area contributed by atoms with Crippen molar-refractivity contribution in [1.29, 1.82) is 0 Å². The van der Waals surface area contributed by atoms with Crippen molar-refractivity contribution in [2.45, 2.75) is 30.3 Å². The predicted octanol–water partition coefficient (Wildman–Crippen LogP) is 2.21. The number of amides is 4. The van der Waals surface area contributed by atoms with Crippen molar-refractivity contribution >= 4 is 51.4 Å². The van der Waals surface area contributed by atoms with Crippen LogP contribution in [0.4, 0.5) is 5.69 Å². The van der Waals surface area contributed by atoms with Gasteiger partial charge in [0.05, 0.1) is 12.0 Å². The molecule has 0 aromatic heterocycles. The van der Waals surface area contributed by atoms with Gasteiger partial charge in [-0.05, 0) is 72.0 Å². The van der Waals surface area contributed by atoms with E-state index < -0.39 is 67.2 Å². The topological polar surface area (TPSA) is 281 Å². The highest BCUT2D eigenvalue weighted by molar-refractivity contribution is 7.89. The number of nitro benzene ring substituents is 1. The van der Waals surface area contributed by atoms with Gasteiger partial charge in [0, 0.05) is 54.9 Å². The predicted molar refractivity (Wildman–Crippen MR) is 195 cm³/mol. The van der Waals surface area contributed by atoms with Gasteiger partial charge in [-0.15, -0.1) is 0 Å². The van der Waals surface area contributed by atoms with Crippen molar-refractivity contribution in [3.8, 4) is 11.1 Å². The SMILES string of the molecule is CNC(=O)c1ccc(C(=O)NCCNS(=O)(=O)c2ccccc2[N+](=O)[O-])c(-c2cccc(/C=C/C(=O)N[C@@H](CCN=[N+]=[N-])C(=O)N[C@@H](C)C(=O)OC)c2)c1. The number of carbonyl (C=O) groups excluding carboxylic acids is 5. The Kier molecular flexibility index (Phi) is 15.3. The molecule has 4 amide bonds. The maximum absolute atomic E-state index is 13.4. The maximum Gasteiger partial charge on any atom is 0.328 e. The number of azide groups is 1. The minimum Gasteiger partial charge on any atom is -0.467 e. The summed E-state index contributed by atoms with van der Waals surface area (Å²) >= 11 is 0. The van der Waals surface area contributed by atoms with Gasteiger partial charge < -0.3 is 26.0 Å². The number of esters is 1. The van der Waals surface area contributed by atoms with E-state index in [1.807, 2.05) is 0 Å². The van der Waals surface area contributed by atoms with Crippen molar-refractivity contribution in [2.24, 2.45) is 5.11 Å². The molecule has 284 valence electrons. The second-order valence-corrected chi connectivity index (χ2v) is 13.0. The van der Waals surface area contributed by atoms with Crippen LogP contribution < -0.4 is 26.0 Å². The molecule has 0 bridgehead atoms. The molecule has 0 spiro atoms. The zero-order valence-electron chi connectivity index (χ0n) is 29.3. The van der Waals surface area contributed by atoms with Crippen molar-refractivity contribution in [3.63, 3.8) is 0 Å². The van der Waals surface area contributed by atoms with Gasteiger partial charge in [-0.2, -0.15) is 0 Å². The summed E-state index contributed by atoms with van der Waals surface area (Å²) in [7, 11) is -1.69. The molecule has 0 unspecified atom stereocenters. The van der Waals surface area contributed by atoms with E-state index in [4.69, 9.17) is 5.53 Å². The molecule has 20 heteroatoms. The Bertz CT molecular complexity index is 2100. The third-order valence-electron chi connectivity index (χ3n) is 7.56. The second kappa shape index (κ2) is 19.8. The number of ether oxygens (including phenoxy) is 1. The highest BCUT2D eigenvalue weighted by Crippen LogP contribution is 2.27. The van der Waals surface area contributed by atoms with Crippen molar-refractivity contribution in [1.82, 2.24) is 26.0 Å². The number of rotatable bonds is 18. The lowest BCUT2D eigenvalue weighted by Gasteiger charge is -2.19. The molecule has 0 heterocycles. The standard InChI is InChI=1S/C34H37N9O10S/c1-21(34(48)53-3)40-33(47)27(15-16-38-42-35)41-30(44)14-11-22-7-6-8-23(19-22)26-20-24(31(45)36-2)12-13-25(26)32(46)37-17-18-39-54(51,52)29-10-5-4-9-28(29)43(49)50/h4-14,19-21,27,39H,15-18H2,1-3H3,(H,36,45)(H,37,46)(H,40,47)(H,41,44)/b14-11+/t21-,27-/m0/s1. The second-order valence-electron chi connectivity index (χ2n) is 11.2. The van der Waals surface area contributed by atoms with Crippen LogP contribution in [0.15, 0.2) is 82.8 Å². The number of carbonyl (C=O) groups is 5. The Labute approximate surface area is 309 Å². The lowest BCUT2D eigenvalue weighted by molar-refractivity contribution is -0.387. The zero-order chi connectivity index (χ0) is 39.8. The molecule has 19 nitrogen and oxygen atoms in total. The summed E-state index contributed by atoms with van der Waals surface area (Å²) in [4.78, 5) is 75.8. The lowest BCUT2D eigenvalue weighted by atomic mass is 9.95. The van der Waals surface area contributed by atoms with Crippen LogP contribution in [0.1, 0.15) is 39.6 Å². The fourth-order valence-corrected chi connectivity index (χ4v) is 6.09. The molecule has 3 rings (SSSR count). The van der Waals surface area contributed by atoms with E-state index in [0.717, 1.165) is 25.3 Å². The lowest BCUT2D eigenvalue weighted by Crippen LogP contribution is -2.51. The Morgan fingerprint density at radius 2 is 1.74 bits per heavy atom. The molecule has 0 saturated heterocycles. The maximum atomic E-state index is 13.4. The van der Waals surface area contributed by atoms with E-state index in [0.29, 0.717) is 16.7 Å². The summed E-state index contributed by atoms with van der Waals surface area (Å²) in [5, 5.41) is 24.7. The third-order valence-corrected chi connectivity index (χ3v) is 9.07. The fourth-order valence-electron chi connectivity index (χ4n) is 4.89. The average Bonchev–Trinajstić information content (AvgIpc) is 3.17. The number of methoxy groups -OCH3 is 1. The first kappa shape index (κ1) is 41.8. The van der Waals surface area contributed by atoms with Gasteiger partial charge in [0.1, 0.15) is 12.1 Å². The van der Waals surface area contributed by atoms with Crippen LogP contribution in [-0.2, 0) is 29.1 Å². The van der Waals surface area contributed by atoms with E-state index in [1.54, 1.807) is 24.3 Å². The van der Waals surface area contributed by atoms with E-state index in [1.165, 1.54) is 50.4 Å². The zero-order valence-corrected chi connectivity index (χ0v) is 30.1. The molecule has 0 aliphatic carbocycles. The first-order valence-corrected chi connectivity index (χ1v) is 17.6. The van der Waals surface area contributed by atoms with E-state index in [2.05, 4.69) is 40.8 Å². The molecule has 0 fully saturated rings. The smallest absolute Gasteiger partial charge is 0.328 e. The average molecular weight is 764 g/mol. The normalized spacial score (nSPS) is 12.1. The molecule has 0 saturated carbocycles. The summed E-state index contributed by atoms with van der Waals surface area (Å²) in [6.07, 6.45) is 2.52. The van der Waals surface area contributed by atoms with Crippen LogP contribution in [0.3, 0.4) is 0 Å². The minimum atomic E-state index is -4.29. The molecule has 5 N–H and O–H groups in total. The van der Waals surface area contributed by atoms with E-state index in [9.17, 15) is 42.5 Å². The minimum absolute atomic E-state index is 0.0627. The van der Waals surface area contributed by atoms with Gasteiger partial charge in [0.25, 0.3) is 17.5 Å². The number of hydrogen-bond donors (Lipinski definition) is 5. The van der Waals surface area contributed by atoms with Crippen LogP contribution in [-0.4, -0.2) is 88.8 Å². The van der Waals surface area contributed by atoms with Crippen LogP contribution in [0.2, 0.25) is 0 Å². The Balaban J connectivity index is 1.80. The molecule has 2 atom stereocenters. The summed E-state index contributed by atoms with van der Waals surface area (Å²) in [6, 6.07) is 13.6. The number of nitrogens with one attached hydrogen (secondary N) is 5. The number of sulfonamides is 1. The number of hydrogen-bond acceptors (Lipinski definition) is 11. The molecule has 0 aliphatic heterocycles. The molecule has 3 aromatic rings. The molecule has 54 heavy (non-hydrogen) atoms. The van der Waals surface area contributed by atoms with Gasteiger partial charge in [0.15, 0.2) is 4.90 Å². The molecule has 3 aromatic carbocycles. The Hall–Kier alpha value is -6.63. The first-order valence-electron chi connectivity index (χ1n) is 16.1. The van der Waals surface area contributed by atoms with Gasteiger partial charge in [-0.1, -0.05) is 35.4 Å². The number of nitrogens with zero attached hydrogens (tertiary/aromatic N) is 4. The highest BCUT2D eigenvalue weighted by atomic mass is 32.2.